The van der Waals surface area contributed by atoms with Gasteiger partial charge in [0.25, 0.3) is 0 Å². The second kappa shape index (κ2) is 5.84. The first-order valence-corrected chi connectivity index (χ1v) is 8.03. The third-order valence-electron chi connectivity index (χ3n) is 4.35. The van der Waals surface area contributed by atoms with Gasteiger partial charge in [-0.15, -0.1) is 0 Å². The summed E-state index contributed by atoms with van der Waals surface area (Å²) in [4.78, 5) is 0. The lowest BCUT2D eigenvalue weighted by molar-refractivity contribution is 0.0104. The highest BCUT2D eigenvalue weighted by molar-refractivity contribution is 9.10. The van der Waals surface area contributed by atoms with Gasteiger partial charge in [0.2, 0.25) is 0 Å². The molecule has 1 heterocycles. The maximum absolute atomic E-state index is 6.38. The topological polar surface area (TPSA) is 35.2 Å². The molecule has 0 saturated heterocycles. The Labute approximate surface area is 124 Å². The Morgan fingerprint density at radius 2 is 2.21 bits per heavy atom. The van der Waals surface area contributed by atoms with Crippen LogP contribution in [-0.2, 0) is 0 Å². The first-order chi connectivity index (χ1) is 8.99. The summed E-state index contributed by atoms with van der Waals surface area (Å²) >= 11 is 3.50. The second-order valence-corrected chi connectivity index (χ2v) is 6.76. The highest BCUT2D eigenvalue weighted by Crippen LogP contribution is 2.44. The zero-order valence-electron chi connectivity index (χ0n) is 12.1. The second-order valence-electron chi connectivity index (χ2n) is 5.85. The monoisotopic (exact) mass is 325 g/mol. The molecule has 0 radical (unpaired) electrons. The van der Waals surface area contributed by atoms with Crippen LogP contribution in [0.4, 0.5) is 0 Å². The highest BCUT2D eigenvalue weighted by atomic mass is 79.9. The standard InChI is InChI=1S/C16H24BrNO/c1-4-11(3)9-16(5-2)10-14(18)13-8-12(17)6-7-15(13)19-16/h6-8,11,14H,4-5,9-10,18H2,1-3H3. The largest absolute Gasteiger partial charge is 0.487 e. The maximum atomic E-state index is 6.38. The fourth-order valence-corrected chi connectivity index (χ4v) is 3.33. The smallest absolute Gasteiger partial charge is 0.124 e. The molecule has 3 unspecified atom stereocenters. The van der Waals surface area contributed by atoms with Gasteiger partial charge < -0.3 is 10.5 Å². The molecule has 1 aromatic carbocycles. The van der Waals surface area contributed by atoms with Gasteiger partial charge in [-0.3, -0.25) is 0 Å². The average molecular weight is 326 g/mol. The van der Waals surface area contributed by atoms with E-state index in [2.05, 4.69) is 42.8 Å². The van der Waals surface area contributed by atoms with Crippen molar-refractivity contribution in [2.75, 3.05) is 0 Å². The van der Waals surface area contributed by atoms with Crippen molar-refractivity contribution in [1.29, 1.82) is 0 Å². The van der Waals surface area contributed by atoms with E-state index in [9.17, 15) is 0 Å². The first-order valence-electron chi connectivity index (χ1n) is 7.23. The normalized spacial score (nSPS) is 27.5. The van der Waals surface area contributed by atoms with E-state index in [0.29, 0.717) is 5.92 Å². The molecule has 0 spiro atoms. The van der Waals surface area contributed by atoms with E-state index in [-0.39, 0.29) is 11.6 Å². The SMILES string of the molecule is CCC(C)CC1(CC)CC(N)c2cc(Br)ccc2O1. The lowest BCUT2D eigenvalue weighted by Gasteiger charge is -2.42. The molecule has 3 atom stereocenters. The summed E-state index contributed by atoms with van der Waals surface area (Å²) in [6.45, 7) is 6.74. The number of fused-ring (bicyclic) bond motifs is 1. The molecule has 0 fully saturated rings. The van der Waals surface area contributed by atoms with Crippen LogP contribution < -0.4 is 10.5 Å². The van der Waals surface area contributed by atoms with Crippen molar-refractivity contribution in [3.05, 3.63) is 28.2 Å². The van der Waals surface area contributed by atoms with E-state index in [1.165, 1.54) is 6.42 Å². The summed E-state index contributed by atoms with van der Waals surface area (Å²) in [6, 6.07) is 6.23. The van der Waals surface area contributed by atoms with Crippen molar-refractivity contribution in [3.8, 4) is 5.75 Å². The molecular formula is C16H24BrNO. The molecule has 3 heteroatoms. The minimum atomic E-state index is -0.0876. The molecule has 0 aromatic heterocycles. The van der Waals surface area contributed by atoms with Crippen molar-refractivity contribution in [3.63, 3.8) is 0 Å². The third-order valence-corrected chi connectivity index (χ3v) is 4.84. The maximum Gasteiger partial charge on any atom is 0.124 e. The lowest BCUT2D eigenvalue weighted by Crippen LogP contribution is -2.43. The van der Waals surface area contributed by atoms with Crippen molar-refractivity contribution in [1.82, 2.24) is 0 Å². The van der Waals surface area contributed by atoms with Crippen molar-refractivity contribution in [2.45, 2.75) is 58.1 Å². The molecule has 2 rings (SSSR count). The summed E-state index contributed by atoms with van der Waals surface area (Å²) in [7, 11) is 0. The van der Waals surface area contributed by atoms with Crippen LogP contribution in [0.3, 0.4) is 0 Å². The molecule has 2 N–H and O–H groups in total. The molecule has 1 aromatic rings. The lowest BCUT2D eigenvalue weighted by atomic mass is 9.79. The number of nitrogens with two attached hydrogens (primary N) is 1. The molecule has 19 heavy (non-hydrogen) atoms. The Morgan fingerprint density at radius 1 is 1.47 bits per heavy atom. The predicted molar refractivity (Wildman–Crippen MR) is 83.4 cm³/mol. The molecule has 0 amide bonds. The zero-order valence-corrected chi connectivity index (χ0v) is 13.7. The van der Waals surface area contributed by atoms with Crippen molar-refractivity contribution < 1.29 is 4.74 Å². The average Bonchev–Trinajstić information content (AvgIpc) is 2.39. The molecule has 0 bridgehead atoms. The van der Waals surface area contributed by atoms with Crippen LogP contribution >= 0.6 is 15.9 Å². The zero-order chi connectivity index (χ0) is 14.0. The van der Waals surface area contributed by atoms with Crippen LogP contribution in [-0.4, -0.2) is 5.60 Å². The minimum absolute atomic E-state index is 0.0743. The summed E-state index contributed by atoms with van der Waals surface area (Å²) < 4.78 is 7.43. The number of hydrogen-bond donors (Lipinski definition) is 1. The Kier molecular flexibility index (Phi) is 4.57. The van der Waals surface area contributed by atoms with E-state index < -0.39 is 0 Å². The molecule has 2 nitrogen and oxygen atoms in total. The van der Waals surface area contributed by atoms with Crippen molar-refractivity contribution in [2.24, 2.45) is 11.7 Å². The van der Waals surface area contributed by atoms with Gasteiger partial charge in [0, 0.05) is 22.5 Å². The molecule has 0 aliphatic carbocycles. The first kappa shape index (κ1) is 14.9. The van der Waals surface area contributed by atoms with Crippen molar-refractivity contribution >= 4 is 15.9 Å². The number of hydrogen-bond acceptors (Lipinski definition) is 2. The van der Waals surface area contributed by atoms with Gasteiger partial charge in [0.05, 0.1) is 0 Å². The summed E-state index contributed by atoms with van der Waals surface area (Å²) in [5, 5.41) is 0. The van der Waals surface area contributed by atoms with Gasteiger partial charge >= 0.3 is 0 Å². The Bertz CT molecular complexity index is 448. The third kappa shape index (κ3) is 3.14. The highest BCUT2D eigenvalue weighted by Gasteiger charge is 2.39. The Balaban J connectivity index is 2.29. The Hall–Kier alpha value is -0.540. The molecule has 106 valence electrons. The fraction of sp³-hybridized carbons (Fsp3) is 0.625. The quantitative estimate of drug-likeness (QED) is 0.861. The minimum Gasteiger partial charge on any atom is -0.487 e. The van der Waals surface area contributed by atoms with E-state index in [4.69, 9.17) is 10.5 Å². The summed E-state index contributed by atoms with van der Waals surface area (Å²) in [5.74, 6) is 1.64. The van der Waals surface area contributed by atoms with E-state index in [1.54, 1.807) is 0 Å². The summed E-state index contributed by atoms with van der Waals surface area (Å²) in [6.07, 6.45) is 4.20. The van der Waals surface area contributed by atoms with Gasteiger partial charge in [-0.1, -0.05) is 43.1 Å². The van der Waals surface area contributed by atoms with E-state index >= 15 is 0 Å². The van der Waals surface area contributed by atoms with Crippen LogP contribution in [0.15, 0.2) is 22.7 Å². The number of rotatable bonds is 4. The van der Waals surface area contributed by atoms with Gasteiger partial charge in [0.1, 0.15) is 11.4 Å². The predicted octanol–water partition coefficient (Wildman–Crippen LogP) is 4.82. The van der Waals surface area contributed by atoms with E-state index in [1.807, 2.05) is 12.1 Å². The molecule has 0 saturated carbocycles. The molecule has 1 aliphatic rings. The van der Waals surface area contributed by atoms with Crippen LogP contribution in [0, 0.1) is 5.92 Å². The van der Waals surface area contributed by atoms with Crippen LogP contribution in [0.2, 0.25) is 0 Å². The van der Waals surface area contributed by atoms with Gasteiger partial charge in [-0.05, 0) is 37.0 Å². The number of benzene rings is 1. The van der Waals surface area contributed by atoms with E-state index in [0.717, 1.165) is 35.0 Å². The van der Waals surface area contributed by atoms with Gasteiger partial charge in [-0.2, -0.15) is 0 Å². The van der Waals surface area contributed by atoms with Gasteiger partial charge in [0.15, 0.2) is 0 Å². The van der Waals surface area contributed by atoms with Crippen LogP contribution in [0.25, 0.3) is 0 Å². The Morgan fingerprint density at radius 3 is 2.84 bits per heavy atom. The fourth-order valence-electron chi connectivity index (χ4n) is 2.95. The summed E-state index contributed by atoms with van der Waals surface area (Å²) in [5.41, 5.74) is 7.42. The molecule has 1 aliphatic heterocycles. The van der Waals surface area contributed by atoms with Crippen LogP contribution in [0.5, 0.6) is 5.75 Å². The number of ether oxygens (including phenoxy) is 1. The van der Waals surface area contributed by atoms with Gasteiger partial charge in [-0.25, -0.2) is 0 Å². The number of halogens is 1. The van der Waals surface area contributed by atoms with Crippen LogP contribution in [0.1, 0.15) is 58.1 Å². The molecular weight excluding hydrogens is 302 g/mol.